The molecule has 0 bridgehead atoms. The smallest absolute Gasteiger partial charge is 0.249 e. The normalized spacial score (nSPS) is 15.4. The van der Waals surface area contributed by atoms with Gasteiger partial charge in [0.25, 0.3) is 0 Å². The summed E-state index contributed by atoms with van der Waals surface area (Å²) in [6.45, 7) is 8.80. The van der Waals surface area contributed by atoms with Gasteiger partial charge in [-0.15, -0.1) is 5.54 Å². The molecule has 7 heteroatoms. The Balaban J connectivity index is 3.06. The fraction of sp³-hybridized carbons (Fsp3) is 0.615. The molecule has 2 atom stereocenters. The summed E-state index contributed by atoms with van der Waals surface area (Å²) in [7, 11) is -1.57. The molecule has 0 spiro atoms. The first kappa shape index (κ1) is 17.1. The third-order valence-electron chi connectivity index (χ3n) is 2.93. The summed E-state index contributed by atoms with van der Waals surface area (Å²) in [6, 6.07) is -0.870. The molecular formula is C13H18ClF3N2Si. The van der Waals surface area contributed by atoms with Crippen molar-refractivity contribution in [3.05, 3.63) is 16.9 Å². The third kappa shape index (κ3) is 4.28. The van der Waals surface area contributed by atoms with E-state index in [1.165, 1.54) is 17.8 Å². The lowest BCUT2D eigenvalue weighted by atomic mass is 10.0. The van der Waals surface area contributed by atoms with Crippen LogP contribution in [0.1, 0.15) is 25.5 Å². The van der Waals surface area contributed by atoms with Crippen LogP contribution >= 0.6 is 11.6 Å². The second-order valence-electron chi connectivity index (χ2n) is 5.86. The molecule has 1 unspecified atom stereocenters. The van der Waals surface area contributed by atoms with Crippen molar-refractivity contribution < 1.29 is 13.2 Å². The molecule has 0 aromatic carbocycles. The molecule has 0 aliphatic heterocycles. The van der Waals surface area contributed by atoms with E-state index in [4.69, 9.17) is 11.6 Å². The van der Waals surface area contributed by atoms with Crippen molar-refractivity contribution in [1.82, 2.24) is 9.78 Å². The van der Waals surface area contributed by atoms with Crippen molar-refractivity contribution in [1.29, 1.82) is 0 Å². The molecule has 0 fully saturated rings. The Morgan fingerprint density at radius 1 is 1.30 bits per heavy atom. The van der Waals surface area contributed by atoms with Crippen LogP contribution in [0.15, 0.2) is 6.20 Å². The van der Waals surface area contributed by atoms with E-state index >= 15 is 0 Å². The maximum atomic E-state index is 12.7. The SMILES string of the molecule is CC([C@H](C)n1ncc(C#C[Si](C)(C)C)c1Cl)C(F)(F)F. The predicted octanol–water partition coefficient (Wildman–Crippen LogP) is 4.52. The first-order chi connectivity index (χ1) is 8.93. The second kappa shape index (κ2) is 5.82. The monoisotopic (exact) mass is 322 g/mol. The first-order valence-electron chi connectivity index (χ1n) is 6.26. The number of hydrogen-bond donors (Lipinski definition) is 0. The van der Waals surface area contributed by atoms with Gasteiger partial charge in [-0.1, -0.05) is 44.1 Å². The molecule has 2 nitrogen and oxygen atoms in total. The van der Waals surface area contributed by atoms with Crippen molar-refractivity contribution in [2.45, 2.75) is 45.7 Å². The van der Waals surface area contributed by atoms with Crippen LogP contribution in [0.25, 0.3) is 0 Å². The van der Waals surface area contributed by atoms with Gasteiger partial charge in [0.15, 0.2) is 0 Å². The average molecular weight is 323 g/mol. The van der Waals surface area contributed by atoms with E-state index < -0.39 is 26.2 Å². The summed E-state index contributed by atoms with van der Waals surface area (Å²) >= 11 is 6.09. The van der Waals surface area contributed by atoms with E-state index in [1.54, 1.807) is 0 Å². The van der Waals surface area contributed by atoms with Crippen LogP contribution in [0.5, 0.6) is 0 Å². The van der Waals surface area contributed by atoms with Gasteiger partial charge in [0.05, 0.1) is 23.7 Å². The maximum Gasteiger partial charge on any atom is 0.393 e. The summed E-state index contributed by atoms with van der Waals surface area (Å²) < 4.78 is 39.4. The van der Waals surface area contributed by atoms with Crippen molar-refractivity contribution in [2.75, 3.05) is 0 Å². The quantitative estimate of drug-likeness (QED) is 0.578. The van der Waals surface area contributed by atoms with Gasteiger partial charge in [-0.25, -0.2) is 4.68 Å². The Morgan fingerprint density at radius 2 is 1.85 bits per heavy atom. The van der Waals surface area contributed by atoms with Crippen LogP contribution in [-0.2, 0) is 0 Å². The number of halogens is 4. The van der Waals surface area contributed by atoms with E-state index in [9.17, 15) is 13.2 Å². The highest BCUT2D eigenvalue weighted by Crippen LogP contribution is 2.35. The van der Waals surface area contributed by atoms with E-state index in [1.807, 2.05) is 0 Å². The lowest BCUT2D eigenvalue weighted by Crippen LogP contribution is -2.28. The average Bonchev–Trinajstić information content (AvgIpc) is 2.64. The molecule has 0 N–H and O–H groups in total. The van der Waals surface area contributed by atoms with Gasteiger partial charge >= 0.3 is 6.18 Å². The molecule has 1 aromatic heterocycles. The summed E-state index contributed by atoms with van der Waals surface area (Å²) in [4.78, 5) is 0. The molecule has 0 saturated heterocycles. The van der Waals surface area contributed by atoms with Crippen LogP contribution < -0.4 is 0 Å². The van der Waals surface area contributed by atoms with Crippen molar-refractivity contribution >= 4 is 19.7 Å². The summed E-state index contributed by atoms with van der Waals surface area (Å²) in [5, 5.41) is 4.11. The minimum absolute atomic E-state index is 0.166. The Bertz CT molecular complexity index is 535. The molecule has 0 radical (unpaired) electrons. The lowest BCUT2D eigenvalue weighted by molar-refractivity contribution is -0.180. The van der Waals surface area contributed by atoms with Crippen LogP contribution in [-0.4, -0.2) is 24.0 Å². The topological polar surface area (TPSA) is 17.8 Å². The van der Waals surface area contributed by atoms with Gasteiger partial charge in [0.1, 0.15) is 13.2 Å². The van der Waals surface area contributed by atoms with Crippen molar-refractivity contribution in [2.24, 2.45) is 5.92 Å². The Hall–Kier alpha value is -0.933. The summed E-state index contributed by atoms with van der Waals surface area (Å²) in [5.74, 6) is 1.39. The number of aromatic nitrogens is 2. The van der Waals surface area contributed by atoms with Crippen LogP contribution in [0.2, 0.25) is 24.8 Å². The molecule has 112 valence electrons. The number of nitrogens with zero attached hydrogens (tertiary/aromatic N) is 2. The van der Waals surface area contributed by atoms with Crippen LogP contribution in [0, 0.1) is 17.4 Å². The Morgan fingerprint density at radius 3 is 2.30 bits per heavy atom. The summed E-state index contributed by atoms with van der Waals surface area (Å²) in [5.41, 5.74) is 3.60. The second-order valence-corrected chi connectivity index (χ2v) is 11.0. The highest BCUT2D eigenvalue weighted by atomic mass is 35.5. The Labute approximate surface area is 123 Å². The third-order valence-corrected chi connectivity index (χ3v) is 4.18. The van der Waals surface area contributed by atoms with Gasteiger partial charge in [0.2, 0.25) is 0 Å². The van der Waals surface area contributed by atoms with Gasteiger partial charge in [-0.3, -0.25) is 0 Å². The molecule has 0 saturated carbocycles. The van der Waals surface area contributed by atoms with E-state index in [0.29, 0.717) is 5.56 Å². The number of hydrogen-bond acceptors (Lipinski definition) is 1. The molecule has 20 heavy (non-hydrogen) atoms. The van der Waals surface area contributed by atoms with Gasteiger partial charge in [-0.2, -0.15) is 18.3 Å². The van der Waals surface area contributed by atoms with Crippen molar-refractivity contribution in [3.63, 3.8) is 0 Å². The fourth-order valence-electron chi connectivity index (χ4n) is 1.46. The fourth-order valence-corrected chi connectivity index (χ4v) is 2.26. The first-order valence-corrected chi connectivity index (χ1v) is 10.1. The molecule has 0 aliphatic carbocycles. The number of rotatable bonds is 2. The molecular weight excluding hydrogens is 305 g/mol. The molecule has 0 amide bonds. The zero-order valence-corrected chi connectivity index (χ0v) is 13.9. The maximum absolute atomic E-state index is 12.7. The van der Waals surface area contributed by atoms with Crippen LogP contribution in [0.3, 0.4) is 0 Å². The zero-order valence-electron chi connectivity index (χ0n) is 12.1. The van der Waals surface area contributed by atoms with Gasteiger partial charge in [0, 0.05) is 0 Å². The predicted molar refractivity (Wildman–Crippen MR) is 77.4 cm³/mol. The van der Waals surface area contributed by atoms with E-state index in [2.05, 4.69) is 36.2 Å². The molecule has 1 heterocycles. The molecule has 0 aliphatic rings. The Kier molecular flexibility index (Phi) is 4.98. The molecule has 1 rings (SSSR count). The minimum Gasteiger partial charge on any atom is -0.249 e. The summed E-state index contributed by atoms with van der Waals surface area (Å²) in [6.07, 6.45) is -2.85. The standard InChI is InChI=1S/C13H18ClF3N2Si/c1-9(13(15,16)17)10(2)19-12(14)11(8-18-19)6-7-20(3,4)5/h8-10H,1-5H3/t9?,10-/m0/s1. The minimum atomic E-state index is -4.28. The molecule has 1 aromatic rings. The number of alkyl halides is 3. The lowest BCUT2D eigenvalue weighted by Gasteiger charge is -2.23. The van der Waals surface area contributed by atoms with Crippen LogP contribution in [0.4, 0.5) is 13.2 Å². The van der Waals surface area contributed by atoms with Gasteiger partial charge < -0.3 is 0 Å². The largest absolute Gasteiger partial charge is 0.393 e. The zero-order chi connectivity index (χ0) is 15.7. The highest BCUT2D eigenvalue weighted by molar-refractivity contribution is 6.83. The highest BCUT2D eigenvalue weighted by Gasteiger charge is 2.41. The van der Waals surface area contributed by atoms with Gasteiger partial charge in [-0.05, 0) is 6.92 Å². The van der Waals surface area contributed by atoms with E-state index in [-0.39, 0.29) is 5.15 Å². The van der Waals surface area contributed by atoms with Crippen molar-refractivity contribution in [3.8, 4) is 11.5 Å². The van der Waals surface area contributed by atoms with E-state index in [0.717, 1.165) is 6.92 Å².